The van der Waals surface area contributed by atoms with Gasteiger partial charge in [0.25, 0.3) is 0 Å². The lowest BCUT2D eigenvalue weighted by Crippen LogP contribution is -2.40. The third-order valence-electron chi connectivity index (χ3n) is 1.99. The molecule has 0 spiro atoms. The number of rotatable bonds is 4. The van der Waals surface area contributed by atoms with Crippen molar-refractivity contribution in [3.05, 3.63) is 0 Å². The van der Waals surface area contributed by atoms with Gasteiger partial charge < -0.3 is 20.1 Å². The summed E-state index contributed by atoms with van der Waals surface area (Å²) in [5.41, 5.74) is -1.14. The van der Waals surface area contributed by atoms with Gasteiger partial charge >= 0.3 is 12.2 Å². The van der Waals surface area contributed by atoms with E-state index in [-0.39, 0.29) is 0 Å². The maximum absolute atomic E-state index is 11.6. The van der Waals surface area contributed by atoms with E-state index in [1.54, 1.807) is 41.5 Å². The van der Waals surface area contributed by atoms with Crippen LogP contribution in [0, 0.1) is 12.3 Å². The van der Waals surface area contributed by atoms with E-state index in [1.165, 1.54) is 0 Å². The van der Waals surface area contributed by atoms with Crippen LogP contribution in [0.3, 0.4) is 0 Å². The van der Waals surface area contributed by atoms with Gasteiger partial charge in [-0.15, -0.1) is 6.42 Å². The molecule has 0 aliphatic heterocycles. The van der Waals surface area contributed by atoms with Gasteiger partial charge in [-0.2, -0.15) is 0 Å². The van der Waals surface area contributed by atoms with E-state index >= 15 is 0 Å². The van der Waals surface area contributed by atoms with Crippen LogP contribution in [-0.4, -0.2) is 36.0 Å². The summed E-state index contributed by atoms with van der Waals surface area (Å²) in [6.07, 6.45) is 4.62. The van der Waals surface area contributed by atoms with E-state index in [2.05, 4.69) is 16.6 Å². The lowest BCUT2D eigenvalue weighted by Gasteiger charge is -2.22. The first-order chi connectivity index (χ1) is 9.43. The SMILES string of the molecule is C#C[C@H](CCNC(=O)OC(C)(C)C)NC(=O)OC(C)(C)C. The highest BCUT2D eigenvalue weighted by Crippen LogP contribution is 2.07. The van der Waals surface area contributed by atoms with Crippen molar-refractivity contribution >= 4 is 12.2 Å². The largest absolute Gasteiger partial charge is 0.444 e. The van der Waals surface area contributed by atoms with Gasteiger partial charge in [0.2, 0.25) is 0 Å². The van der Waals surface area contributed by atoms with Gasteiger partial charge in [-0.3, -0.25) is 0 Å². The summed E-state index contributed by atoms with van der Waals surface area (Å²) in [5, 5.41) is 5.13. The normalized spacial score (nSPS) is 12.8. The Kier molecular flexibility index (Phi) is 7.07. The van der Waals surface area contributed by atoms with Crippen LogP contribution in [0.5, 0.6) is 0 Å². The standard InChI is InChI=1S/C15H26N2O4/c1-8-11(17-13(19)21-15(5,6)7)9-10-16-12(18)20-14(2,3)4/h1,11H,9-10H2,2-7H3,(H,16,18)(H,17,19)/t11-/m1/s1. The third-order valence-corrected chi connectivity index (χ3v) is 1.99. The Labute approximate surface area is 126 Å². The molecule has 6 nitrogen and oxygen atoms in total. The molecule has 21 heavy (non-hydrogen) atoms. The minimum atomic E-state index is -0.585. The molecule has 0 heterocycles. The molecule has 0 aromatic carbocycles. The van der Waals surface area contributed by atoms with Crippen LogP contribution in [0.25, 0.3) is 0 Å². The first-order valence-electron chi connectivity index (χ1n) is 6.85. The van der Waals surface area contributed by atoms with E-state index in [1.807, 2.05) is 0 Å². The predicted octanol–water partition coefficient (Wildman–Crippen LogP) is 2.43. The van der Waals surface area contributed by atoms with Crippen molar-refractivity contribution in [1.82, 2.24) is 10.6 Å². The molecule has 0 fully saturated rings. The van der Waals surface area contributed by atoms with Crippen LogP contribution >= 0.6 is 0 Å². The van der Waals surface area contributed by atoms with Crippen LogP contribution in [0.2, 0.25) is 0 Å². The summed E-state index contributed by atoms with van der Waals surface area (Å²) in [4.78, 5) is 23.0. The van der Waals surface area contributed by atoms with E-state index < -0.39 is 29.4 Å². The van der Waals surface area contributed by atoms with Crippen molar-refractivity contribution in [2.45, 2.75) is 65.2 Å². The molecular weight excluding hydrogens is 272 g/mol. The van der Waals surface area contributed by atoms with E-state index in [4.69, 9.17) is 15.9 Å². The fraction of sp³-hybridized carbons (Fsp3) is 0.733. The predicted molar refractivity (Wildman–Crippen MR) is 80.8 cm³/mol. The molecule has 0 saturated carbocycles. The van der Waals surface area contributed by atoms with Gasteiger partial charge in [-0.25, -0.2) is 9.59 Å². The minimum absolute atomic E-state index is 0.291. The van der Waals surface area contributed by atoms with E-state index in [9.17, 15) is 9.59 Å². The van der Waals surface area contributed by atoms with Crippen LogP contribution in [-0.2, 0) is 9.47 Å². The minimum Gasteiger partial charge on any atom is -0.444 e. The van der Waals surface area contributed by atoms with Gasteiger partial charge in [0.1, 0.15) is 11.2 Å². The van der Waals surface area contributed by atoms with Gasteiger partial charge in [0.05, 0.1) is 6.04 Å². The van der Waals surface area contributed by atoms with Gasteiger partial charge in [-0.1, -0.05) is 5.92 Å². The number of carbonyl (C=O) groups is 2. The van der Waals surface area contributed by atoms with Crippen molar-refractivity contribution in [3.8, 4) is 12.3 Å². The number of terminal acetylenes is 1. The number of carbonyl (C=O) groups excluding carboxylic acids is 2. The number of alkyl carbamates (subject to hydrolysis) is 2. The zero-order valence-corrected chi connectivity index (χ0v) is 13.7. The molecule has 0 rings (SSSR count). The van der Waals surface area contributed by atoms with E-state index in [0.717, 1.165) is 0 Å². The molecule has 120 valence electrons. The average molecular weight is 298 g/mol. The number of amides is 2. The molecule has 0 unspecified atom stereocenters. The Balaban J connectivity index is 4.10. The number of nitrogens with one attached hydrogen (secondary N) is 2. The van der Waals surface area contributed by atoms with Crippen LogP contribution in [0.15, 0.2) is 0 Å². The zero-order valence-electron chi connectivity index (χ0n) is 13.7. The Bertz CT molecular complexity index is 399. The zero-order chi connectivity index (χ0) is 16.7. The summed E-state index contributed by atoms with van der Waals surface area (Å²) in [5.74, 6) is 2.44. The first kappa shape index (κ1) is 19.1. The Morgan fingerprint density at radius 1 is 1.05 bits per heavy atom. The second-order valence-corrected chi connectivity index (χ2v) is 6.58. The number of hydrogen-bond acceptors (Lipinski definition) is 4. The van der Waals surface area contributed by atoms with Crippen LogP contribution < -0.4 is 10.6 Å². The lowest BCUT2D eigenvalue weighted by molar-refractivity contribution is 0.0513. The molecule has 0 aliphatic carbocycles. The summed E-state index contributed by atoms with van der Waals surface area (Å²) in [6, 6.07) is -0.519. The molecule has 2 N–H and O–H groups in total. The molecule has 6 heteroatoms. The first-order valence-corrected chi connectivity index (χ1v) is 6.85. The quantitative estimate of drug-likeness (QED) is 0.782. The maximum atomic E-state index is 11.6. The molecule has 0 saturated heterocycles. The highest BCUT2D eigenvalue weighted by atomic mass is 16.6. The van der Waals surface area contributed by atoms with Crippen LogP contribution in [0.1, 0.15) is 48.0 Å². The fourth-order valence-corrected chi connectivity index (χ4v) is 1.28. The second kappa shape index (κ2) is 7.77. The molecule has 0 aliphatic rings. The third kappa shape index (κ3) is 11.6. The highest BCUT2D eigenvalue weighted by Gasteiger charge is 2.19. The lowest BCUT2D eigenvalue weighted by atomic mass is 10.2. The number of hydrogen-bond donors (Lipinski definition) is 2. The molecule has 2 amide bonds. The fourth-order valence-electron chi connectivity index (χ4n) is 1.28. The Hall–Kier alpha value is -1.90. The topological polar surface area (TPSA) is 76.7 Å². The van der Waals surface area contributed by atoms with Crippen LogP contribution in [0.4, 0.5) is 9.59 Å². The average Bonchev–Trinajstić information content (AvgIpc) is 2.22. The van der Waals surface area contributed by atoms with Crippen molar-refractivity contribution in [2.24, 2.45) is 0 Å². The second-order valence-electron chi connectivity index (χ2n) is 6.58. The smallest absolute Gasteiger partial charge is 0.408 e. The molecule has 0 radical (unpaired) electrons. The molecular formula is C15H26N2O4. The summed E-state index contributed by atoms with van der Waals surface area (Å²) >= 11 is 0. The Morgan fingerprint density at radius 3 is 1.95 bits per heavy atom. The van der Waals surface area contributed by atoms with Crippen molar-refractivity contribution in [3.63, 3.8) is 0 Å². The van der Waals surface area contributed by atoms with Gasteiger partial charge in [-0.05, 0) is 48.0 Å². The van der Waals surface area contributed by atoms with Crippen molar-refractivity contribution < 1.29 is 19.1 Å². The number of ether oxygens (including phenoxy) is 2. The summed E-state index contributed by atoms with van der Waals surface area (Å²) in [7, 11) is 0. The van der Waals surface area contributed by atoms with Crippen molar-refractivity contribution in [1.29, 1.82) is 0 Å². The molecule has 0 aromatic rings. The van der Waals surface area contributed by atoms with Gasteiger partial charge in [0.15, 0.2) is 0 Å². The molecule has 0 aromatic heterocycles. The van der Waals surface area contributed by atoms with E-state index in [0.29, 0.717) is 13.0 Å². The summed E-state index contributed by atoms with van der Waals surface area (Å²) in [6.45, 7) is 10.9. The van der Waals surface area contributed by atoms with Crippen molar-refractivity contribution in [2.75, 3.05) is 6.54 Å². The highest BCUT2D eigenvalue weighted by molar-refractivity contribution is 5.69. The van der Waals surface area contributed by atoms with Gasteiger partial charge in [0, 0.05) is 6.54 Å². The summed E-state index contributed by atoms with van der Waals surface area (Å²) < 4.78 is 10.2. The molecule has 1 atom stereocenters. The monoisotopic (exact) mass is 298 g/mol. The molecule has 0 bridgehead atoms. The maximum Gasteiger partial charge on any atom is 0.408 e. The Morgan fingerprint density at radius 2 is 1.52 bits per heavy atom.